The van der Waals surface area contributed by atoms with Gasteiger partial charge in [-0.05, 0) is 115 Å². The number of aliphatic hydroxyl groups excluding tert-OH is 1. The number of rotatable bonds is 1. The summed E-state index contributed by atoms with van der Waals surface area (Å²) in [6.07, 6.45) is 15.6. The van der Waals surface area contributed by atoms with E-state index in [1.807, 2.05) is 0 Å². The van der Waals surface area contributed by atoms with Crippen LogP contribution in [0, 0.1) is 56.7 Å². The zero-order valence-corrected chi connectivity index (χ0v) is 21.4. The molecule has 0 unspecified atom stereocenters. The highest BCUT2D eigenvalue weighted by Gasteiger charge is 2.69. The van der Waals surface area contributed by atoms with E-state index in [2.05, 4.69) is 67.2 Å². The van der Waals surface area contributed by atoms with Crippen LogP contribution >= 0.6 is 0 Å². The Bertz CT molecular complexity index is 807. The van der Waals surface area contributed by atoms with Crippen LogP contribution in [0.5, 0.6) is 0 Å². The molecule has 0 saturated heterocycles. The minimum absolute atomic E-state index is 0.0293. The van der Waals surface area contributed by atoms with Crippen LogP contribution < -0.4 is 0 Å². The fourth-order valence-electron chi connectivity index (χ4n) is 10.7. The molecule has 5 aliphatic rings. The van der Waals surface area contributed by atoms with Gasteiger partial charge in [0.25, 0.3) is 0 Å². The van der Waals surface area contributed by atoms with E-state index in [0.717, 1.165) is 12.3 Å². The summed E-state index contributed by atoms with van der Waals surface area (Å²) >= 11 is 0. The third-order valence-corrected chi connectivity index (χ3v) is 12.9. The second-order valence-corrected chi connectivity index (χ2v) is 14.4. The number of hydrogen-bond donors (Lipinski definition) is 1. The van der Waals surface area contributed by atoms with E-state index in [1.165, 1.54) is 50.5 Å². The summed E-state index contributed by atoms with van der Waals surface area (Å²) in [5.41, 5.74) is 3.01. The summed E-state index contributed by atoms with van der Waals surface area (Å²) in [7, 11) is 0. The Balaban J connectivity index is 1.60. The lowest BCUT2D eigenvalue weighted by Gasteiger charge is -2.71. The van der Waals surface area contributed by atoms with Crippen molar-refractivity contribution < 1.29 is 5.11 Å². The molecule has 1 nitrogen and oxygen atoms in total. The van der Waals surface area contributed by atoms with Gasteiger partial charge in [0.15, 0.2) is 0 Å². The van der Waals surface area contributed by atoms with E-state index in [9.17, 15) is 5.11 Å². The van der Waals surface area contributed by atoms with E-state index >= 15 is 0 Å². The van der Waals surface area contributed by atoms with Crippen molar-refractivity contribution in [3.63, 3.8) is 0 Å². The summed E-state index contributed by atoms with van der Waals surface area (Å²) in [6, 6.07) is 0. The standard InChI is InChI=1S/C30H48O/c1-19(2)20-11-14-27(5)17-18-29(7)21(25(20)27)9-10-23-28(6)15-13-24(31)26(3,4)22(28)12-16-30(23,29)8/h9-10,20-25,31H,1,11-18H2,2-8H3/t20-,21-,22+,23-,24+,25-,27+,28+,29-,30+/m0/s1. The van der Waals surface area contributed by atoms with E-state index in [4.69, 9.17) is 0 Å². The molecule has 4 fully saturated rings. The van der Waals surface area contributed by atoms with Crippen LogP contribution in [-0.2, 0) is 0 Å². The highest BCUT2D eigenvalue weighted by Crippen LogP contribution is 2.75. The molecule has 1 heteroatoms. The molecule has 10 atom stereocenters. The lowest BCUT2D eigenvalue weighted by Crippen LogP contribution is -2.65. The average Bonchev–Trinajstić information content (AvgIpc) is 3.04. The minimum Gasteiger partial charge on any atom is -0.393 e. The van der Waals surface area contributed by atoms with Gasteiger partial charge in [-0.15, -0.1) is 0 Å². The van der Waals surface area contributed by atoms with Gasteiger partial charge in [0.1, 0.15) is 0 Å². The Hall–Kier alpha value is -0.560. The topological polar surface area (TPSA) is 20.2 Å². The van der Waals surface area contributed by atoms with Crippen molar-refractivity contribution in [2.45, 2.75) is 106 Å². The van der Waals surface area contributed by atoms with Gasteiger partial charge >= 0.3 is 0 Å². The first kappa shape index (κ1) is 22.2. The Morgan fingerprint density at radius 3 is 2.23 bits per heavy atom. The van der Waals surface area contributed by atoms with Gasteiger partial charge in [0, 0.05) is 0 Å². The monoisotopic (exact) mass is 424 g/mol. The molecule has 31 heavy (non-hydrogen) atoms. The first-order valence-electron chi connectivity index (χ1n) is 13.3. The van der Waals surface area contributed by atoms with E-state index < -0.39 is 0 Å². The summed E-state index contributed by atoms with van der Waals surface area (Å²) in [5.74, 6) is 3.43. The first-order chi connectivity index (χ1) is 14.3. The maximum absolute atomic E-state index is 10.9. The van der Waals surface area contributed by atoms with Crippen molar-refractivity contribution in [2.75, 3.05) is 0 Å². The molecule has 174 valence electrons. The summed E-state index contributed by atoms with van der Waals surface area (Å²) in [4.78, 5) is 0. The lowest BCUT2D eigenvalue weighted by atomic mass is 9.34. The zero-order chi connectivity index (χ0) is 22.6. The normalized spacial score (nSPS) is 57.4. The molecule has 0 heterocycles. The maximum atomic E-state index is 10.9. The van der Waals surface area contributed by atoms with Crippen LogP contribution in [0.2, 0.25) is 0 Å². The van der Waals surface area contributed by atoms with Gasteiger partial charge in [0.05, 0.1) is 6.10 Å². The van der Waals surface area contributed by atoms with Crippen molar-refractivity contribution in [2.24, 2.45) is 56.7 Å². The van der Waals surface area contributed by atoms with Crippen molar-refractivity contribution in [3.8, 4) is 0 Å². The van der Waals surface area contributed by atoms with Crippen molar-refractivity contribution in [1.29, 1.82) is 0 Å². The fraction of sp³-hybridized carbons (Fsp3) is 0.867. The number of hydrogen-bond acceptors (Lipinski definition) is 1. The number of allylic oxidation sites excluding steroid dienone is 3. The van der Waals surface area contributed by atoms with Gasteiger partial charge in [-0.1, -0.05) is 65.8 Å². The van der Waals surface area contributed by atoms with Gasteiger partial charge in [-0.25, -0.2) is 0 Å². The molecule has 0 aromatic heterocycles. The maximum Gasteiger partial charge on any atom is 0.0594 e. The van der Waals surface area contributed by atoms with Gasteiger partial charge in [0.2, 0.25) is 0 Å². The summed E-state index contributed by atoms with van der Waals surface area (Å²) in [5, 5.41) is 10.9. The molecule has 5 rings (SSSR count). The van der Waals surface area contributed by atoms with Crippen molar-refractivity contribution >= 4 is 0 Å². The molecule has 0 amide bonds. The van der Waals surface area contributed by atoms with Crippen LogP contribution in [-0.4, -0.2) is 11.2 Å². The van der Waals surface area contributed by atoms with Gasteiger partial charge in [-0.3, -0.25) is 0 Å². The number of aliphatic hydroxyl groups is 1. The van der Waals surface area contributed by atoms with Crippen LogP contribution in [0.1, 0.15) is 99.8 Å². The fourth-order valence-corrected chi connectivity index (χ4v) is 10.7. The van der Waals surface area contributed by atoms with Gasteiger partial charge in [-0.2, -0.15) is 0 Å². The predicted molar refractivity (Wildman–Crippen MR) is 131 cm³/mol. The Kier molecular flexibility index (Phi) is 4.68. The quantitative estimate of drug-likeness (QED) is 0.426. The first-order valence-corrected chi connectivity index (χ1v) is 13.3. The van der Waals surface area contributed by atoms with Crippen LogP contribution in [0.4, 0.5) is 0 Å². The third-order valence-electron chi connectivity index (χ3n) is 12.9. The molecule has 4 saturated carbocycles. The van der Waals surface area contributed by atoms with Crippen molar-refractivity contribution in [3.05, 3.63) is 24.3 Å². The second kappa shape index (κ2) is 6.52. The smallest absolute Gasteiger partial charge is 0.0594 e. The largest absolute Gasteiger partial charge is 0.393 e. The average molecular weight is 425 g/mol. The number of fused-ring (bicyclic) bond motifs is 7. The second-order valence-electron chi connectivity index (χ2n) is 14.4. The molecular formula is C30H48O. The van der Waals surface area contributed by atoms with E-state index in [1.54, 1.807) is 0 Å². The SMILES string of the molecule is C=C(C)[C@@H]1CC[C@]2(C)CC[C@@]3(C)[C@@H](C=C[C@H]4[C@]5(C)CC[C@@H](O)C(C)(C)[C@H]5CC[C@]43C)[C@H]12. The van der Waals surface area contributed by atoms with Crippen molar-refractivity contribution in [1.82, 2.24) is 0 Å². The minimum atomic E-state index is -0.143. The van der Waals surface area contributed by atoms with Crippen LogP contribution in [0.15, 0.2) is 24.3 Å². The van der Waals surface area contributed by atoms with Crippen LogP contribution in [0.25, 0.3) is 0 Å². The third kappa shape index (κ3) is 2.59. The predicted octanol–water partition coefficient (Wildman–Crippen LogP) is 7.80. The molecule has 0 spiro atoms. The highest BCUT2D eigenvalue weighted by atomic mass is 16.3. The molecule has 0 aromatic rings. The van der Waals surface area contributed by atoms with Crippen LogP contribution in [0.3, 0.4) is 0 Å². The highest BCUT2D eigenvalue weighted by molar-refractivity contribution is 5.27. The molecule has 0 bridgehead atoms. The molecule has 1 N–H and O–H groups in total. The molecular weight excluding hydrogens is 376 g/mol. The summed E-state index contributed by atoms with van der Waals surface area (Å²) in [6.45, 7) is 22.0. The lowest BCUT2D eigenvalue weighted by molar-refractivity contribution is -0.210. The summed E-state index contributed by atoms with van der Waals surface area (Å²) < 4.78 is 0. The van der Waals surface area contributed by atoms with Gasteiger partial charge < -0.3 is 5.11 Å². The molecule has 5 aliphatic carbocycles. The van der Waals surface area contributed by atoms with E-state index in [0.29, 0.717) is 45.3 Å². The molecule has 0 aromatic carbocycles. The Morgan fingerprint density at radius 2 is 1.55 bits per heavy atom. The molecule has 0 radical (unpaired) electrons. The molecule has 0 aliphatic heterocycles. The Labute approximate surface area is 192 Å². The Morgan fingerprint density at radius 1 is 0.839 bits per heavy atom. The van der Waals surface area contributed by atoms with E-state index in [-0.39, 0.29) is 11.5 Å². The zero-order valence-electron chi connectivity index (χ0n) is 21.4.